The maximum atomic E-state index is 2.47. The second kappa shape index (κ2) is 9.65. The zero-order chi connectivity index (χ0) is 21.6. The van der Waals surface area contributed by atoms with Crippen molar-refractivity contribution in [3.8, 4) is 0 Å². The number of rotatable bonds is 9. The molecule has 2 unspecified atom stereocenters. The average molecular weight is 399 g/mol. The lowest BCUT2D eigenvalue weighted by Crippen LogP contribution is -2.30. The predicted octanol–water partition coefficient (Wildman–Crippen LogP) is 8.65. The minimum Gasteiger partial charge on any atom is -0.0622 e. The summed E-state index contributed by atoms with van der Waals surface area (Å²) < 4.78 is 0. The molecule has 158 valence electrons. The molecule has 3 rings (SSSR count). The largest absolute Gasteiger partial charge is 0.0622 e. The van der Waals surface area contributed by atoms with Gasteiger partial charge < -0.3 is 0 Å². The van der Waals surface area contributed by atoms with Crippen LogP contribution in [-0.2, 0) is 6.42 Å². The van der Waals surface area contributed by atoms with Gasteiger partial charge in [0.05, 0.1) is 0 Å². The third kappa shape index (κ3) is 5.63. The maximum absolute atomic E-state index is 2.47. The Morgan fingerprint density at radius 1 is 0.600 bits per heavy atom. The number of hydrogen-bond donors (Lipinski definition) is 0. The van der Waals surface area contributed by atoms with Gasteiger partial charge in [0.1, 0.15) is 0 Å². The van der Waals surface area contributed by atoms with Gasteiger partial charge in [0, 0.05) is 0 Å². The quantitative estimate of drug-likeness (QED) is 0.338. The van der Waals surface area contributed by atoms with Crippen LogP contribution in [0.4, 0.5) is 0 Å². The molecule has 0 fully saturated rings. The Labute approximate surface area is 184 Å². The first-order chi connectivity index (χ1) is 14.3. The second-order valence-corrected chi connectivity index (χ2v) is 10.3. The van der Waals surface area contributed by atoms with Crippen LogP contribution < -0.4 is 0 Å². The molecular formula is C30H38. The van der Waals surface area contributed by atoms with Crippen molar-refractivity contribution in [3.05, 3.63) is 108 Å². The molecule has 0 amide bonds. The van der Waals surface area contributed by atoms with Crippen LogP contribution in [0.25, 0.3) is 0 Å². The van der Waals surface area contributed by atoms with Gasteiger partial charge in [-0.05, 0) is 58.6 Å². The number of benzene rings is 3. The minimum atomic E-state index is 0.200. The molecule has 0 nitrogen and oxygen atoms in total. The molecular weight excluding hydrogens is 360 g/mol. The molecule has 3 aromatic rings. The Morgan fingerprint density at radius 3 is 1.60 bits per heavy atom. The van der Waals surface area contributed by atoms with E-state index in [9.17, 15) is 0 Å². The molecule has 30 heavy (non-hydrogen) atoms. The molecule has 0 N–H and O–H groups in total. The fraction of sp³-hybridized carbons (Fsp3) is 0.400. The van der Waals surface area contributed by atoms with E-state index in [1.807, 2.05) is 0 Å². The SMILES string of the molecule is CC(c1ccccc1)C(C)(C)CC(c1ccccc1)C(C)(C)CCc1ccccc1. The highest BCUT2D eigenvalue weighted by atomic mass is 14.4. The fourth-order valence-electron chi connectivity index (χ4n) is 4.71. The van der Waals surface area contributed by atoms with Crippen molar-refractivity contribution >= 4 is 0 Å². The molecule has 0 radical (unpaired) electrons. The standard InChI is InChI=1S/C30H38/c1-24(26-17-11-7-12-18-26)30(4,5)23-28(27-19-13-8-14-20-27)29(2,3)22-21-25-15-9-6-10-16-25/h6-20,24,28H,21-23H2,1-5H3. The Kier molecular flexibility index (Phi) is 7.19. The van der Waals surface area contributed by atoms with Crippen molar-refractivity contribution in [1.82, 2.24) is 0 Å². The maximum Gasteiger partial charge on any atom is -0.0105 e. The second-order valence-electron chi connectivity index (χ2n) is 10.3. The molecule has 0 spiro atoms. The first kappa shape index (κ1) is 22.3. The van der Waals surface area contributed by atoms with Crippen LogP contribution in [0.2, 0.25) is 0 Å². The molecule has 2 atom stereocenters. The van der Waals surface area contributed by atoms with Crippen molar-refractivity contribution in [3.63, 3.8) is 0 Å². The van der Waals surface area contributed by atoms with Crippen LogP contribution in [0.3, 0.4) is 0 Å². The summed E-state index contributed by atoms with van der Waals surface area (Å²) in [6.45, 7) is 12.2. The third-order valence-corrected chi connectivity index (χ3v) is 7.25. The van der Waals surface area contributed by atoms with Crippen molar-refractivity contribution in [1.29, 1.82) is 0 Å². The topological polar surface area (TPSA) is 0 Å². The molecule has 0 heterocycles. The number of aryl methyl sites for hydroxylation is 1. The first-order valence-corrected chi connectivity index (χ1v) is 11.4. The summed E-state index contributed by atoms with van der Waals surface area (Å²) in [5.74, 6) is 1.03. The molecule has 0 bridgehead atoms. The zero-order valence-electron chi connectivity index (χ0n) is 19.4. The summed E-state index contributed by atoms with van der Waals surface area (Å²) in [5, 5.41) is 0. The highest BCUT2D eigenvalue weighted by Crippen LogP contribution is 2.50. The summed E-state index contributed by atoms with van der Waals surface area (Å²) in [6, 6.07) is 33.1. The van der Waals surface area contributed by atoms with Crippen LogP contribution >= 0.6 is 0 Å². The van der Waals surface area contributed by atoms with Crippen LogP contribution in [0.1, 0.15) is 76.0 Å². The number of hydrogen-bond acceptors (Lipinski definition) is 0. The molecule has 3 aromatic carbocycles. The van der Waals surface area contributed by atoms with Crippen molar-refractivity contribution in [2.75, 3.05) is 0 Å². The van der Waals surface area contributed by atoms with E-state index in [1.54, 1.807) is 0 Å². The summed E-state index contributed by atoms with van der Waals surface area (Å²) in [5.41, 5.74) is 4.77. The van der Waals surface area contributed by atoms with E-state index in [-0.39, 0.29) is 10.8 Å². The lowest BCUT2D eigenvalue weighted by molar-refractivity contribution is 0.167. The predicted molar refractivity (Wildman–Crippen MR) is 131 cm³/mol. The van der Waals surface area contributed by atoms with Crippen LogP contribution in [0, 0.1) is 10.8 Å². The zero-order valence-corrected chi connectivity index (χ0v) is 19.4. The highest BCUT2D eigenvalue weighted by Gasteiger charge is 2.37. The van der Waals surface area contributed by atoms with Gasteiger partial charge in [-0.2, -0.15) is 0 Å². The molecule has 0 saturated heterocycles. The summed E-state index contributed by atoms with van der Waals surface area (Å²) in [7, 11) is 0. The Morgan fingerprint density at radius 2 is 1.07 bits per heavy atom. The first-order valence-electron chi connectivity index (χ1n) is 11.4. The van der Waals surface area contributed by atoms with Gasteiger partial charge in [0.15, 0.2) is 0 Å². The van der Waals surface area contributed by atoms with Gasteiger partial charge in [-0.1, -0.05) is 126 Å². The van der Waals surface area contributed by atoms with Gasteiger partial charge in [-0.25, -0.2) is 0 Å². The molecule has 0 aliphatic carbocycles. The van der Waals surface area contributed by atoms with E-state index >= 15 is 0 Å². The smallest absolute Gasteiger partial charge is 0.0105 e. The fourth-order valence-corrected chi connectivity index (χ4v) is 4.71. The average Bonchev–Trinajstić information content (AvgIpc) is 2.77. The summed E-state index contributed by atoms with van der Waals surface area (Å²) in [4.78, 5) is 0. The van der Waals surface area contributed by atoms with Gasteiger partial charge in [0.2, 0.25) is 0 Å². The molecule has 0 aliphatic rings. The van der Waals surface area contributed by atoms with E-state index in [1.165, 1.54) is 29.5 Å². The van der Waals surface area contributed by atoms with Crippen LogP contribution in [0.15, 0.2) is 91.0 Å². The van der Waals surface area contributed by atoms with Crippen molar-refractivity contribution in [2.24, 2.45) is 10.8 Å². The minimum absolute atomic E-state index is 0.200. The lowest BCUT2D eigenvalue weighted by atomic mass is 9.62. The van der Waals surface area contributed by atoms with E-state index in [0.29, 0.717) is 11.8 Å². The Hall–Kier alpha value is -2.34. The van der Waals surface area contributed by atoms with E-state index in [2.05, 4.69) is 126 Å². The normalized spacial score (nSPS) is 14.3. The van der Waals surface area contributed by atoms with Crippen LogP contribution in [-0.4, -0.2) is 0 Å². The van der Waals surface area contributed by atoms with Gasteiger partial charge in [0.25, 0.3) is 0 Å². The van der Waals surface area contributed by atoms with Gasteiger partial charge in [-0.15, -0.1) is 0 Å². The third-order valence-electron chi connectivity index (χ3n) is 7.25. The van der Waals surface area contributed by atoms with Crippen molar-refractivity contribution < 1.29 is 0 Å². The molecule has 0 heteroatoms. The summed E-state index contributed by atoms with van der Waals surface area (Å²) >= 11 is 0. The molecule has 0 aromatic heterocycles. The lowest BCUT2D eigenvalue weighted by Gasteiger charge is -2.42. The van der Waals surface area contributed by atoms with E-state index < -0.39 is 0 Å². The van der Waals surface area contributed by atoms with Gasteiger partial charge >= 0.3 is 0 Å². The molecule has 0 saturated carbocycles. The summed E-state index contributed by atoms with van der Waals surface area (Å²) in [6.07, 6.45) is 3.49. The van der Waals surface area contributed by atoms with Crippen LogP contribution in [0.5, 0.6) is 0 Å². The van der Waals surface area contributed by atoms with E-state index in [4.69, 9.17) is 0 Å². The highest BCUT2D eigenvalue weighted by molar-refractivity contribution is 5.25. The Balaban J connectivity index is 1.85. The van der Waals surface area contributed by atoms with E-state index in [0.717, 1.165) is 6.42 Å². The van der Waals surface area contributed by atoms with Crippen molar-refractivity contribution in [2.45, 2.75) is 65.7 Å². The monoisotopic (exact) mass is 398 g/mol. The van der Waals surface area contributed by atoms with Gasteiger partial charge in [-0.3, -0.25) is 0 Å². The Bertz CT molecular complexity index is 875. The molecule has 0 aliphatic heterocycles.